The first kappa shape index (κ1) is 19.2. The molecule has 9 heteroatoms. The second-order valence-electron chi connectivity index (χ2n) is 6.30. The third kappa shape index (κ3) is 3.50. The Morgan fingerprint density at radius 2 is 1.89 bits per heavy atom. The molecule has 2 heterocycles. The number of nitrogens with one attached hydrogen (secondary N) is 1. The monoisotopic (exact) mass is 439 g/mol. The number of anilines is 1. The molecule has 0 radical (unpaired) electrons. The SMILES string of the molecule is Cn1nc(-c2cc(F)cc(F)c2)c2c1NC(=O)CSC2c1ccc(Cl)cc1Cl. The highest BCUT2D eigenvalue weighted by atomic mass is 35.5. The van der Waals surface area contributed by atoms with E-state index < -0.39 is 11.6 Å². The van der Waals surface area contributed by atoms with Gasteiger partial charge in [-0.05, 0) is 29.8 Å². The molecule has 4 nitrogen and oxygen atoms in total. The predicted molar refractivity (Wildman–Crippen MR) is 108 cm³/mol. The van der Waals surface area contributed by atoms with Crippen LogP contribution in [0.15, 0.2) is 36.4 Å². The van der Waals surface area contributed by atoms with E-state index in [1.54, 1.807) is 25.2 Å². The zero-order valence-electron chi connectivity index (χ0n) is 14.5. The number of carbonyl (C=O) groups is 1. The van der Waals surface area contributed by atoms with Crippen molar-refractivity contribution in [2.45, 2.75) is 5.25 Å². The van der Waals surface area contributed by atoms with Crippen LogP contribution in [0.4, 0.5) is 14.6 Å². The summed E-state index contributed by atoms with van der Waals surface area (Å²) in [6.07, 6.45) is 0. The lowest BCUT2D eigenvalue weighted by Crippen LogP contribution is -2.15. The van der Waals surface area contributed by atoms with E-state index in [4.69, 9.17) is 23.2 Å². The number of fused-ring (bicyclic) bond motifs is 1. The van der Waals surface area contributed by atoms with Crippen LogP contribution in [0, 0.1) is 11.6 Å². The minimum atomic E-state index is -0.708. The van der Waals surface area contributed by atoms with Crippen LogP contribution in [0.1, 0.15) is 16.4 Å². The van der Waals surface area contributed by atoms with E-state index in [1.807, 2.05) is 0 Å². The highest BCUT2D eigenvalue weighted by molar-refractivity contribution is 8.00. The smallest absolute Gasteiger partial charge is 0.235 e. The summed E-state index contributed by atoms with van der Waals surface area (Å²) in [7, 11) is 1.66. The standard InChI is InChI=1S/C19H13Cl2F2N3OS/c1-26-19-16(17(25-26)9-4-11(22)7-12(23)5-9)18(28-8-15(27)24-19)13-3-2-10(20)6-14(13)21/h2-7,18H,8H2,1H3,(H,24,27). The number of aryl methyl sites for hydroxylation is 1. The lowest BCUT2D eigenvalue weighted by atomic mass is 9.99. The second kappa shape index (κ2) is 7.39. The molecular weight excluding hydrogens is 427 g/mol. The first-order valence-corrected chi connectivity index (χ1v) is 10.0. The Labute approximate surface area is 173 Å². The topological polar surface area (TPSA) is 46.9 Å². The summed E-state index contributed by atoms with van der Waals surface area (Å²) in [5, 5.41) is 7.80. The molecule has 3 aromatic rings. The summed E-state index contributed by atoms with van der Waals surface area (Å²) in [4.78, 5) is 12.2. The van der Waals surface area contributed by atoms with Crippen LogP contribution in [-0.4, -0.2) is 21.4 Å². The van der Waals surface area contributed by atoms with E-state index in [-0.39, 0.29) is 22.5 Å². The molecule has 1 amide bonds. The molecule has 0 saturated carbocycles. The van der Waals surface area contributed by atoms with E-state index >= 15 is 0 Å². The van der Waals surface area contributed by atoms with Crippen LogP contribution >= 0.6 is 35.0 Å². The molecule has 2 aromatic carbocycles. The molecule has 0 bridgehead atoms. The summed E-state index contributed by atoms with van der Waals surface area (Å²) < 4.78 is 29.2. The van der Waals surface area contributed by atoms with Crippen LogP contribution in [0.5, 0.6) is 0 Å². The lowest BCUT2D eigenvalue weighted by Gasteiger charge is -2.18. The molecule has 1 N–H and O–H groups in total. The van der Waals surface area contributed by atoms with Gasteiger partial charge in [0, 0.05) is 34.3 Å². The fraction of sp³-hybridized carbons (Fsp3) is 0.158. The molecule has 1 unspecified atom stereocenters. The van der Waals surface area contributed by atoms with Gasteiger partial charge < -0.3 is 5.32 Å². The molecule has 1 aliphatic rings. The quantitative estimate of drug-likeness (QED) is 0.577. The highest BCUT2D eigenvalue weighted by Crippen LogP contribution is 2.48. The van der Waals surface area contributed by atoms with Crippen molar-refractivity contribution in [2.24, 2.45) is 7.05 Å². The van der Waals surface area contributed by atoms with E-state index in [0.717, 1.165) is 11.6 Å². The number of hydrogen-bond donors (Lipinski definition) is 1. The molecule has 1 atom stereocenters. The Morgan fingerprint density at radius 1 is 1.18 bits per heavy atom. The fourth-order valence-electron chi connectivity index (χ4n) is 3.21. The zero-order chi connectivity index (χ0) is 20.0. The van der Waals surface area contributed by atoms with E-state index in [9.17, 15) is 13.6 Å². The summed E-state index contributed by atoms with van der Waals surface area (Å²) >= 11 is 13.8. The Kier molecular flexibility index (Phi) is 5.07. The Morgan fingerprint density at radius 3 is 2.57 bits per heavy atom. The van der Waals surface area contributed by atoms with Gasteiger partial charge in [-0.15, -0.1) is 11.8 Å². The molecular formula is C19H13Cl2F2N3OS. The van der Waals surface area contributed by atoms with Crippen LogP contribution in [0.2, 0.25) is 10.0 Å². The number of carbonyl (C=O) groups excluding carboxylic acids is 1. The van der Waals surface area contributed by atoms with Gasteiger partial charge in [0.2, 0.25) is 5.91 Å². The second-order valence-corrected chi connectivity index (χ2v) is 8.23. The number of nitrogens with zero attached hydrogens (tertiary/aromatic N) is 2. The maximum Gasteiger partial charge on any atom is 0.235 e. The Bertz CT molecular complexity index is 1080. The molecule has 0 saturated heterocycles. The maximum atomic E-state index is 13.8. The molecule has 28 heavy (non-hydrogen) atoms. The van der Waals surface area contributed by atoms with Crippen molar-refractivity contribution < 1.29 is 13.6 Å². The largest absolute Gasteiger partial charge is 0.310 e. The Hall–Kier alpha value is -2.09. The summed E-state index contributed by atoms with van der Waals surface area (Å²) in [6.45, 7) is 0. The highest BCUT2D eigenvalue weighted by Gasteiger charge is 2.32. The molecule has 0 fully saturated rings. The van der Waals surface area contributed by atoms with Crippen LogP contribution in [0.25, 0.3) is 11.3 Å². The zero-order valence-corrected chi connectivity index (χ0v) is 16.8. The Balaban J connectivity index is 1.97. The van der Waals surface area contributed by atoms with Gasteiger partial charge in [-0.25, -0.2) is 8.78 Å². The van der Waals surface area contributed by atoms with Gasteiger partial charge >= 0.3 is 0 Å². The number of hydrogen-bond acceptors (Lipinski definition) is 3. The minimum absolute atomic E-state index is 0.190. The molecule has 0 spiro atoms. The average Bonchev–Trinajstić information content (AvgIpc) is 2.82. The summed E-state index contributed by atoms with van der Waals surface area (Å²) in [6, 6.07) is 8.34. The number of amides is 1. The molecule has 4 rings (SSSR count). The van der Waals surface area contributed by atoms with Gasteiger partial charge in [-0.1, -0.05) is 29.3 Å². The third-order valence-corrected chi connectivity index (χ3v) is 6.18. The van der Waals surface area contributed by atoms with Crippen LogP contribution < -0.4 is 5.32 Å². The van der Waals surface area contributed by atoms with Crippen molar-refractivity contribution in [3.63, 3.8) is 0 Å². The van der Waals surface area contributed by atoms with Gasteiger partial charge in [0.15, 0.2) is 0 Å². The van der Waals surface area contributed by atoms with Gasteiger partial charge in [0.05, 0.1) is 16.7 Å². The predicted octanol–water partition coefficient (Wildman–Crippen LogP) is 5.45. The molecule has 144 valence electrons. The first-order chi connectivity index (χ1) is 13.3. The first-order valence-electron chi connectivity index (χ1n) is 8.23. The van der Waals surface area contributed by atoms with Crippen molar-refractivity contribution in [1.29, 1.82) is 0 Å². The third-order valence-electron chi connectivity index (χ3n) is 4.37. The van der Waals surface area contributed by atoms with Gasteiger partial charge in [0.25, 0.3) is 0 Å². The molecule has 0 aliphatic carbocycles. The van der Waals surface area contributed by atoms with E-state index in [2.05, 4.69) is 10.4 Å². The van der Waals surface area contributed by atoms with Crippen LogP contribution in [-0.2, 0) is 11.8 Å². The van der Waals surface area contributed by atoms with Gasteiger partial charge in [0.1, 0.15) is 17.5 Å². The summed E-state index contributed by atoms with van der Waals surface area (Å²) in [5.41, 5.74) is 2.02. The minimum Gasteiger partial charge on any atom is -0.310 e. The van der Waals surface area contributed by atoms with Crippen molar-refractivity contribution in [2.75, 3.05) is 11.1 Å². The average molecular weight is 440 g/mol. The van der Waals surface area contributed by atoms with Crippen LogP contribution in [0.3, 0.4) is 0 Å². The number of rotatable bonds is 2. The van der Waals surface area contributed by atoms with E-state index in [1.165, 1.54) is 28.6 Å². The molecule has 1 aliphatic heterocycles. The number of halogens is 4. The molecule has 1 aromatic heterocycles. The maximum absolute atomic E-state index is 13.8. The van der Waals surface area contributed by atoms with E-state index in [0.29, 0.717) is 27.1 Å². The lowest BCUT2D eigenvalue weighted by molar-refractivity contribution is -0.113. The van der Waals surface area contributed by atoms with Crippen molar-refractivity contribution in [3.05, 3.63) is 69.2 Å². The number of benzene rings is 2. The van der Waals surface area contributed by atoms with Crippen molar-refractivity contribution >= 4 is 46.7 Å². The number of aromatic nitrogens is 2. The summed E-state index contributed by atoms with van der Waals surface area (Å²) in [5.74, 6) is -0.957. The fourth-order valence-corrected chi connectivity index (χ4v) is 4.96. The van der Waals surface area contributed by atoms with Gasteiger partial charge in [-0.3, -0.25) is 9.48 Å². The number of thioether (sulfide) groups is 1. The normalized spacial score (nSPS) is 16.5. The van der Waals surface area contributed by atoms with Crippen molar-refractivity contribution in [3.8, 4) is 11.3 Å². The van der Waals surface area contributed by atoms with Gasteiger partial charge in [-0.2, -0.15) is 5.10 Å². The van der Waals surface area contributed by atoms with Crippen molar-refractivity contribution in [1.82, 2.24) is 9.78 Å².